The van der Waals surface area contributed by atoms with Crippen LogP contribution >= 0.6 is 11.6 Å². The van der Waals surface area contributed by atoms with Gasteiger partial charge < -0.3 is 0 Å². The first-order valence-electron chi connectivity index (χ1n) is 7.02. The van der Waals surface area contributed by atoms with E-state index in [1.54, 1.807) is 6.07 Å². The third-order valence-corrected chi connectivity index (χ3v) is 4.04. The van der Waals surface area contributed by atoms with Crippen molar-refractivity contribution >= 4 is 11.6 Å². The number of halogens is 2. The second-order valence-corrected chi connectivity index (χ2v) is 5.43. The van der Waals surface area contributed by atoms with Gasteiger partial charge in [0.25, 0.3) is 0 Å². The zero-order chi connectivity index (χ0) is 14.3. The third-order valence-electron chi connectivity index (χ3n) is 3.69. The molecule has 1 aromatic carbocycles. The van der Waals surface area contributed by atoms with Crippen molar-refractivity contribution in [1.29, 1.82) is 0 Å². The maximum absolute atomic E-state index is 13.0. The van der Waals surface area contributed by atoms with Gasteiger partial charge in [-0.25, -0.2) is 4.39 Å². The summed E-state index contributed by atoms with van der Waals surface area (Å²) in [5.41, 5.74) is 3.85. The summed E-state index contributed by atoms with van der Waals surface area (Å²) < 4.78 is 13.0. The lowest BCUT2D eigenvalue weighted by atomic mass is 9.88. The van der Waals surface area contributed by atoms with Gasteiger partial charge in [-0.1, -0.05) is 50.8 Å². The van der Waals surface area contributed by atoms with Crippen molar-refractivity contribution in [3.05, 3.63) is 34.6 Å². The van der Waals surface area contributed by atoms with Crippen LogP contribution in [0.15, 0.2) is 18.2 Å². The van der Waals surface area contributed by atoms with Crippen LogP contribution in [0.1, 0.15) is 45.1 Å². The Labute approximate surface area is 120 Å². The summed E-state index contributed by atoms with van der Waals surface area (Å²) in [6.07, 6.45) is 5.35. The van der Waals surface area contributed by atoms with Crippen molar-refractivity contribution in [3.8, 4) is 0 Å². The van der Waals surface area contributed by atoms with Crippen LogP contribution < -0.4 is 11.3 Å². The molecule has 0 amide bonds. The number of nitrogens with two attached hydrogens (primary N) is 1. The molecule has 0 aliphatic heterocycles. The van der Waals surface area contributed by atoms with E-state index in [2.05, 4.69) is 19.3 Å². The van der Waals surface area contributed by atoms with E-state index >= 15 is 0 Å². The Morgan fingerprint density at radius 3 is 2.63 bits per heavy atom. The van der Waals surface area contributed by atoms with Crippen LogP contribution in [0.4, 0.5) is 4.39 Å². The molecule has 4 heteroatoms. The van der Waals surface area contributed by atoms with Crippen LogP contribution in [-0.4, -0.2) is 6.04 Å². The molecule has 0 heterocycles. The highest BCUT2D eigenvalue weighted by molar-refractivity contribution is 6.31. The lowest BCUT2D eigenvalue weighted by Crippen LogP contribution is -2.42. The van der Waals surface area contributed by atoms with Gasteiger partial charge in [-0.05, 0) is 36.5 Å². The van der Waals surface area contributed by atoms with E-state index in [0.29, 0.717) is 10.9 Å². The number of hydrogen-bond donors (Lipinski definition) is 2. The number of hydrazine groups is 1. The summed E-state index contributed by atoms with van der Waals surface area (Å²) in [6, 6.07) is 4.73. The van der Waals surface area contributed by atoms with E-state index in [0.717, 1.165) is 24.8 Å². The van der Waals surface area contributed by atoms with Gasteiger partial charge >= 0.3 is 0 Å². The molecule has 0 radical (unpaired) electrons. The van der Waals surface area contributed by atoms with E-state index in [-0.39, 0.29) is 11.9 Å². The van der Waals surface area contributed by atoms with Crippen LogP contribution in [0.25, 0.3) is 0 Å². The second kappa shape index (κ2) is 8.51. The fraction of sp³-hybridized carbons (Fsp3) is 0.600. The number of benzene rings is 1. The normalized spacial score (nSPS) is 14.4. The molecule has 0 aromatic heterocycles. The molecule has 108 valence electrons. The third kappa shape index (κ3) is 5.09. The van der Waals surface area contributed by atoms with Gasteiger partial charge in [-0.3, -0.25) is 11.3 Å². The SMILES string of the molecule is CCCCC(CC)C(Cc1ccc(F)cc1Cl)NN. The monoisotopic (exact) mass is 286 g/mol. The smallest absolute Gasteiger partial charge is 0.124 e. The average molecular weight is 287 g/mol. The Balaban J connectivity index is 2.73. The minimum Gasteiger partial charge on any atom is -0.271 e. The average Bonchev–Trinajstić information content (AvgIpc) is 2.40. The predicted octanol–water partition coefficient (Wildman–Crippen LogP) is 4.07. The van der Waals surface area contributed by atoms with E-state index < -0.39 is 0 Å². The largest absolute Gasteiger partial charge is 0.271 e. The molecular formula is C15H24ClFN2. The summed E-state index contributed by atoms with van der Waals surface area (Å²) in [6.45, 7) is 4.37. The van der Waals surface area contributed by atoms with Crippen molar-refractivity contribution in [2.75, 3.05) is 0 Å². The van der Waals surface area contributed by atoms with Gasteiger partial charge in [-0.2, -0.15) is 0 Å². The lowest BCUT2D eigenvalue weighted by Gasteiger charge is -2.26. The Bertz CT molecular complexity index is 384. The first-order valence-corrected chi connectivity index (χ1v) is 7.40. The Morgan fingerprint density at radius 2 is 2.11 bits per heavy atom. The molecule has 3 N–H and O–H groups in total. The highest BCUT2D eigenvalue weighted by Crippen LogP contribution is 2.24. The van der Waals surface area contributed by atoms with Gasteiger partial charge in [0.15, 0.2) is 0 Å². The summed E-state index contributed by atoms with van der Waals surface area (Å²) in [5.74, 6) is 5.90. The van der Waals surface area contributed by atoms with Gasteiger partial charge in [0.05, 0.1) is 0 Å². The zero-order valence-corrected chi connectivity index (χ0v) is 12.5. The highest BCUT2D eigenvalue weighted by atomic mass is 35.5. The number of unbranched alkanes of at least 4 members (excludes halogenated alkanes) is 1. The first kappa shape index (κ1) is 16.4. The number of rotatable bonds is 8. The first-order chi connectivity index (χ1) is 9.12. The van der Waals surface area contributed by atoms with Gasteiger partial charge in [-0.15, -0.1) is 0 Å². The van der Waals surface area contributed by atoms with Crippen molar-refractivity contribution in [1.82, 2.24) is 5.43 Å². The van der Waals surface area contributed by atoms with Gasteiger partial charge in [0.1, 0.15) is 5.82 Å². The summed E-state index contributed by atoms with van der Waals surface area (Å²) in [5, 5.41) is 0.477. The standard InChI is InChI=1S/C15H24ClFN2/c1-3-5-6-11(4-2)15(19-18)9-12-7-8-13(17)10-14(12)16/h7-8,10-11,15,19H,3-6,9,18H2,1-2H3. The van der Waals surface area contributed by atoms with Crippen LogP contribution in [0.3, 0.4) is 0 Å². The van der Waals surface area contributed by atoms with Crippen LogP contribution in [0.2, 0.25) is 5.02 Å². The van der Waals surface area contributed by atoms with E-state index in [1.807, 2.05) is 0 Å². The second-order valence-electron chi connectivity index (χ2n) is 5.02. The minimum absolute atomic E-state index is 0.180. The maximum atomic E-state index is 13.0. The van der Waals surface area contributed by atoms with Crippen molar-refractivity contribution in [3.63, 3.8) is 0 Å². The minimum atomic E-state index is -0.302. The van der Waals surface area contributed by atoms with Crippen LogP contribution in [-0.2, 0) is 6.42 Å². The van der Waals surface area contributed by atoms with E-state index in [9.17, 15) is 4.39 Å². The fourth-order valence-electron chi connectivity index (χ4n) is 2.44. The summed E-state index contributed by atoms with van der Waals surface area (Å²) in [4.78, 5) is 0. The molecule has 1 rings (SSSR count). The van der Waals surface area contributed by atoms with E-state index in [1.165, 1.54) is 25.0 Å². The molecule has 1 aromatic rings. The van der Waals surface area contributed by atoms with Crippen molar-refractivity contribution in [2.24, 2.45) is 11.8 Å². The Hall–Kier alpha value is -0.640. The molecule has 0 saturated heterocycles. The quantitative estimate of drug-likeness (QED) is 0.558. The molecule has 0 spiro atoms. The molecule has 0 fully saturated rings. The Kier molecular flexibility index (Phi) is 7.36. The highest BCUT2D eigenvalue weighted by Gasteiger charge is 2.19. The van der Waals surface area contributed by atoms with Crippen LogP contribution in [0, 0.1) is 11.7 Å². The Morgan fingerprint density at radius 1 is 1.37 bits per heavy atom. The fourth-order valence-corrected chi connectivity index (χ4v) is 2.69. The summed E-state index contributed by atoms with van der Waals surface area (Å²) >= 11 is 6.07. The van der Waals surface area contributed by atoms with E-state index in [4.69, 9.17) is 17.4 Å². The lowest BCUT2D eigenvalue weighted by molar-refractivity contribution is 0.318. The molecule has 2 nitrogen and oxygen atoms in total. The zero-order valence-electron chi connectivity index (χ0n) is 11.8. The van der Waals surface area contributed by atoms with Crippen LogP contribution in [0.5, 0.6) is 0 Å². The molecular weight excluding hydrogens is 263 g/mol. The summed E-state index contributed by atoms with van der Waals surface area (Å²) in [7, 11) is 0. The predicted molar refractivity (Wildman–Crippen MR) is 79.5 cm³/mol. The molecule has 0 aliphatic carbocycles. The van der Waals surface area contributed by atoms with Gasteiger partial charge in [0, 0.05) is 11.1 Å². The topological polar surface area (TPSA) is 38.0 Å². The molecule has 0 aliphatic rings. The maximum Gasteiger partial charge on any atom is 0.124 e. The van der Waals surface area contributed by atoms with Gasteiger partial charge in [0.2, 0.25) is 0 Å². The number of nitrogens with one attached hydrogen (secondary N) is 1. The number of hydrogen-bond acceptors (Lipinski definition) is 2. The molecule has 0 saturated carbocycles. The molecule has 2 atom stereocenters. The van der Waals surface area contributed by atoms with Crippen molar-refractivity contribution < 1.29 is 4.39 Å². The molecule has 19 heavy (non-hydrogen) atoms. The van der Waals surface area contributed by atoms with Crippen molar-refractivity contribution in [2.45, 2.75) is 52.0 Å². The molecule has 0 bridgehead atoms. The molecule has 2 unspecified atom stereocenters.